The predicted molar refractivity (Wildman–Crippen MR) is 99.7 cm³/mol. The van der Waals surface area contributed by atoms with Crippen LogP contribution in [0.4, 0.5) is 0 Å². The Morgan fingerprint density at radius 1 is 1.15 bits per heavy atom. The van der Waals surface area contributed by atoms with Gasteiger partial charge in [-0.3, -0.25) is 9.59 Å². The maximum atomic E-state index is 12.4. The summed E-state index contributed by atoms with van der Waals surface area (Å²) in [6.07, 6.45) is 1.10. The summed E-state index contributed by atoms with van der Waals surface area (Å²) in [6, 6.07) is 17.7. The molecule has 1 aliphatic rings. The largest absolute Gasteiger partial charge is 0.497 e. The second-order valence-electron chi connectivity index (χ2n) is 6.55. The molecule has 0 aliphatic carbocycles. The summed E-state index contributed by atoms with van der Waals surface area (Å²) in [5.74, 6) is 0.481. The summed E-state index contributed by atoms with van der Waals surface area (Å²) in [4.78, 5) is 26.4. The first kappa shape index (κ1) is 18.0. The monoisotopic (exact) mass is 352 g/mol. The summed E-state index contributed by atoms with van der Waals surface area (Å²) >= 11 is 0. The molecule has 1 atom stereocenters. The fourth-order valence-electron chi connectivity index (χ4n) is 3.19. The van der Waals surface area contributed by atoms with E-state index in [0.717, 1.165) is 17.7 Å². The molecule has 2 aromatic carbocycles. The van der Waals surface area contributed by atoms with Crippen molar-refractivity contribution >= 4 is 11.8 Å². The summed E-state index contributed by atoms with van der Waals surface area (Å²) in [5, 5.41) is 2.93. The average molecular weight is 352 g/mol. The minimum atomic E-state index is -0.274. The Balaban J connectivity index is 1.48. The van der Waals surface area contributed by atoms with Gasteiger partial charge in [0.2, 0.25) is 11.8 Å². The first-order valence-corrected chi connectivity index (χ1v) is 8.88. The quantitative estimate of drug-likeness (QED) is 0.832. The molecule has 2 aromatic rings. The minimum Gasteiger partial charge on any atom is -0.497 e. The molecule has 0 aromatic heterocycles. The van der Waals surface area contributed by atoms with Crippen LogP contribution < -0.4 is 10.1 Å². The fourth-order valence-corrected chi connectivity index (χ4v) is 3.19. The summed E-state index contributed by atoms with van der Waals surface area (Å²) < 4.78 is 5.19. The Kier molecular flexibility index (Phi) is 5.89. The van der Waals surface area contributed by atoms with Crippen LogP contribution in [0.2, 0.25) is 0 Å². The second kappa shape index (κ2) is 8.52. The van der Waals surface area contributed by atoms with Crippen molar-refractivity contribution in [1.82, 2.24) is 10.2 Å². The van der Waals surface area contributed by atoms with Crippen molar-refractivity contribution in [1.29, 1.82) is 0 Å². The lowest BCUT2D eigenvalue weighted by Gasteiger charge is -2.16. The number of ether oxygens (including phenoxy) is 1. The van der Waals surface area contributed by atoms with E-state index in [1.807, 2.05) is 42.5 Å². The number of carbonyl (C=O) groups excluding carboxylic acids is 2. The van der Waals surface area contributed by atoms with Crippen LogP contribution in [-0.2, 0) is 22.6 Å². The molecule has 0 spiro atoms. The molecule has 0 saturated carbocycles. The van der Waals surface area contributed by atoms with Crippen LogP contribution in [0.3, 0.4) is 0 Å². The van der Waals surface area contributed by atoms with Gasteiger partial charge in [-0.15, -0.1) is 0 Å². The third kappa shape index (κ3) is 4.63. The van der Waals surface area contributed by atoms with E-state index < -0.39 is 0 Å². The van der Waals surface area contributed by atoms with Gasteiger partial charge >= 0.3 is 0 Å². The molecule has 26 heavy (non-hydrogen) atoms. The van der Waals surface area contributed by atoms with E-state index in [4.69, 9.17) is 4.74 Å². The van der Waals surface area contributed by atoms with Crippen molar-refractivity contribution in [2.45, 2.75) is 19.4 Å². The third-order valence-corrected chi connectivity index (χ3v) is 4.70. The fraction of sp³-hybridized carbons (Fsp3) is 0.333. The molecule has 1 saturated heterocycles. The predicted octanol–water partition coefficient (Wildman–Crippen LogP) is 2.40. The molecule has 1 N–H and O–H groups in total. The van der Waals surface area contributed by atoms with Crippen LogP contribution in [0.1, 0.15) is 17.5 Å². The smallest absolute Gasteiger partial charge is 0.225 e. The molecule has 1 heterocycles. The number of methoxy groups -OCH3 is 1. The van der Waals surface area contributed by atoms with E-state index in [1.165, 1.54) is 5.56 Å². The van der Waals surface area contributed by atoms with Gasteiger partial charge in [0.15, 0.2) is 0 Å². The number of rotatable bonds is 7. The highest BCUT2D eigenvalue weighted by Gasteiger charge is 2.33. The lowest BCUT2D eigenvalue weighted by atomic mass is 10.1. The van der Waals surface area contributed by atoms with Gasteiger partial charge in [-0.05, 0) is 29.7 Å². The van der Waals surface area contributed by atoms with Gasteiger partial charge in [0.1, 0.15) is 5.75 Å². The maximum absolute atomic E-state index is 12.4. The van der Waals surface area contributed by atoms with Crippen molar-refractivity contribution < 1.29 is 14.3 Å². The number of likely N-dealkylation sites (tertiary alicyclic amines) is 1. The van der Waals surface area contributed by atoms with Crippen molar-refractivity contribution in [3.05, 3.63) is 65.7 Å². The molecule has 0 radical (unpaired) electrons. The van der Waals surface area contributed by atoms with Crippen LogP contribution in [0.25, 0.3) is 0 Å². The topological polar surface area (TPSA) is 58.6 Å². The summed E-state index contributed by atoms with van der Waals surface area (Å²) in [6.45, 7) is 1.59. The first-order valence-electron chi connectivity index (χ1n) is 8.88. The van der Waals surface area contributed by atoms with E-state index in [-0.39, 0.29) is 17.7 Å². The Bertz CT molecular complexity index is 761. The molecule has 1 fully saturated rings. The highest BCUT2D eigenvalue weighted by Crippen LogP contribution is 2.19. The lowest BCUT2D eigenvalue weighted by Crippen LogP contribution is -2.33. The van der Waals surface area contributed by atoms with Gasteiger partial charge in [-0.1, -0.05) is 42.5 Å². The zero-order chi connectivity index (χ0) is 18.4. The third-order valence-electron chi connectivity index (χ3n) is 4.70. The van der Waals surface area contributed by atoms with Crippen LogP contribution in [0.15, 0.2) is 54.6 Å². The number of hydrogen-bond donors (Lipinski definition) is 1. The molecule has 5 nitrogen and oxygen atoms in total. The number of nitrogens with zero attached hydrogens (tertiary/aromatic N) is 1. The van der Waals surface area contributed by atoms with Gasteiger partial charge in [-0.2, -0.15) is 0 Å². The van der Waals surface area contributed by atoms with Crippen molar-refractivity contribution in [2.24, 2.45) is 5.92 Å². The first-order chi connectivity index (χ1) is 12.7. The number of nitrogens with one attached hydrogen (secondary N) is 1. The van der Waals surface area contributed by atoms with Crippen LogP contribution >= 0.6 is 0 Å². The number of hydrogen-bond acceptors (Lipinski definition) is 3. The maximum Gasteiger partial charge on any atom is 0.225 e. The highest BCUT2D eigenvalue weighted by molar-refractivity contribution is 5.89. The molecule has 1 aliphatic heterocycles. The van der Waals surface area contributed by atoms with E-state index in [2.05, 4.69) is 17.4 Å². The molecular weight excluding hydrogens is 328 g/mol. The number of benzene rings is 2. The lowest BCUT2D eigenvalue weighted by molar-refractivity contribution is -0.129. The summed E-state index contributed by atoms with van der Waals surface area (Å²) in [7, 11) is 1.62. The van der Waals surface area contributed by atoms with Gasteiger partial charge in [0.25, 0.3) is 0 Å². The zero-order valence-electron chi connectivity index (χ0n) is 15.0. The van der Waals surface area contributed by atoms with E-state index in [1.54, 1.807) is 12.0 Å². The number of amides is 2. The average Bonchev–Trinajstić information content (AvgIpc) is 3.06. The van der Waals surface area contributed by atoms with E-state index in [0.29, 0.717) is 26.1 Å². The van der Waals surface area contributed by atoms with Crippen LogP contribution in [-0.4, -0.2) is 36.9 Å². The van der Waals surface area contributed by atoms with Gasteiger partial charge in [0, 0.05) is 26.1 Å². The van der Waals surface area contributed by atoms with E-state index in [9.17, 15) is 9.59 Å². The van der Waals surface area contributed by atoms with Gasteiger partial charge in [0.05, 0.1) is 13.0 Å². The molecule has 0 bridgehead atoms. The Morgan fingerprint density at radius 2 is 1.92 bits per heavy atom. The van der Waals surface area contributed by atoms with Gasteiger partial charge < -0.3 is 15.0 Å². The van der Waals surface area contributed by atoms with Crippen molar-refractivity contribution in [2.75, 3.05) is 20.2 Å². The Morgan fingerprint density at radius 3 is 2.69 bits per heavy atom. The minimum absolute atomic E-state index is 0.0578. The standard InChI is InChI=1S/C21H24N2O3/c1-26-19-9-5-8-17(12-19)14-22-21(25)18-13-20(24)23(15-18)11-10-16-6-3-2-4-7-16/h2-9,12,18H,10-11,13-15H2,1H3,(H,22,25)/t18-/m1/s1. The van der Waals surface area contributed by atoms with Crippen LogP contribution in [0.5, 0.6) is 5.75 Å². The summed E-state index contributed by atoms with van der Waals surface area (Å²) in [5.41, 5.74) is 2.18. The normalized spacial score (nSPS) is 16.6. The zero-order valence-corrected chi connectivity index (χ0v) is 15.0. The second-order valence-corrected chi connectivity index (χ2v) is 6.55. The molecule has 136 valence electrons. The van der Waals surface area contributed by atoms with Crippen molar-refractivity contribution in [3.8, 4) is 5.75 Å². The molecule has 0 unspecified atom stereocenters. The van der Waals surface area contributed by atoms with Gasteiger partial charge in [-0.25, -0.2) is 0 Å². The molecular formula is C21H24N2O3. The van der Waals surface area contributed by atoms with Crippen LogP contribution in [0, 0.1) is 5.92 Å². The molecule has 5 heteroatoms. The van der Waals surface area contributed by atoms with Crippen molar-refractivity contribution in [3.63, 3.8) is 0 Å². The number of carbonyl (C=O) groups is 2. The van der Waals surface area contributed by atoms with E-state index >= 15 is 0 Å². The Hall–Kier alpha value is -2.82. The SMILES string of the molecule is COc1cccc(CNC(=O)[C@@H]2CC(=O)N(CCc3ccccc3)C2)c1. The Labute approximate surface area is 154 Å². The molecule has 2 amide bonds. The molecule has 3 rings (SSSR count). The highest BCUT2D eigenvalue weighted by atomic mass is 16.5.